The maximum Gasteiger partial charge on any atom is 0.485 e. The van der Waals surface area contributed by atoms with Crippen molar-refractivity contribution in [2.45, 2.75) is 5.51 Å². The molecule has 1 heterocycles. The van der Waals surface area contributed by atoms with Crippen LogP contribution in [0.25, 0.3) is 0 Å². The van der Waals surface area contributed by atoms with Gasteiger partial charge in [-0.05, 0) is 4.75 Å². The monoisotopic (exact) mass is 236 g/mol. The third kappa shape index (κ3) is 5.56. The van der Waals surface area contributed by atoms with Crippen molar-refractivity contribution in [2.75, 3.05) is 0 Å². The lowest BCUT2D eigenvalue weighted by atomic mass is 11.4. The minimum atomic E-state index is -6.09. The molecule has 0 aliphatic rings. The van der Waals surface area contributed by atoms with E-state index in [9.17, 15) is 13.2 Å². The predicted octanol–water partition coefficient (Wildman–Crippen LogP) is -0.0216. The van der Waals surface area contributed by atoms with Crippen LogP contribution in [0.5, 0.6) is 0 Å². The molecule has 1 aromatic rings. The smallest absolute Gasteiger partial charge is 0.485 e. The van der Waals surface area contributed by atoms with Gasteiger partial charge in [0.1, 0.15) is 14.3 Å². The molecular weight excluding hydrogens is 232 g/mol. The minimum Gasteiger partial charge on any atom is -0.741 e. The molecule has 1 rings (SSSR count). The van der Waals surface area contributed by atoms with E-state index in [1.54, 1.807) is 6.33 Å². The maximum absolute atomic E-state index is 10.7. The van der Waals surface area contributed by atoms with Gasteiger partial charge in [0.2, 0.25) is 0 Å². The second-order valence-electron chi connectivity index (χ2n) is 1.60. The van der Waals surface area contributed by atoms with Crippen LogP contribution in [0.1, 0.15) is 0 Å². The van der Waals surface area contributed by atoms with Crippen molar-refractivity contribution in [1.29, 1.82) is 0 Å². The van der Waals surface area contributed by atoms with Crippen molar-refractivity contribution in [1.82, 2.24) is 4.75 Å². The molecule has 1 aromatic heterocycles. The molecular formula is C3H4F3N2O3PS. The van der Waals surface area contributed by atoms with E-state index in [4.69, 9.17) is 13.0 Å². The summed E-state index contributed by atoms with van der Waals surface area (Å²) >= 11 is 0. The van der Waals surface area contributed by atoms with Gasteiger partial charge in [-0.1, -0.05) is 0 Å². The van der Waals surface area contributed by atoms with Gasteiger partial charge < -0.3 is 4.55 Å². The fourth-order valence-electron chi connectivity index (χ4n) is 0.186. The number of rotatable bonds is 0. The largest absolute Gasteiger partial charge is 0.741 e. The lowest BCUT2D eigenvalue weighted by molar-refractivity contribution is -0.373. The van der Waals surface area contributed by atoms with Gasteiger partial charge in [-0.2, -0.15) is 13.2 Å². The Kier molecular flexibility index (Phi) is 4.31. The Morgan fingerprint density at radius 1 is 1.46 bits per heavy atom. The van der Waals surface area contributed by atoms with Crippen molar-refractivity contribution < 1.29 is 31.1 Å². The van der Waals surface area contributed by atoms with Crippen LogP contribution in [0.3, 0.4) is 0 Å². The van der Waals surface area contributed by atoms with Crippen molar-refractivity contribution in [2.24, 2.45) is 0 Å². The fraction of sp³-hybridized carbons (Fsp3) is 0.333. The number of aromatic amines is 1. The van der Waals surface area contributed by atoms with Gasteiger partial charge in [0.15, 0.2) is 10.1 Å². The van der Waals surface area contributed by atoms with E-state index >= 15 is 0 Å². The number of hydrogen-bond donors (Lipinski definition) is 0. The van der Waals surface area contributed by atoms with E-state index in [1.165, 1.54) is 0 Å². The Labute approximate surface area is 72.9 Å². The van der Waals surface area contributed by atoms with Crippen LogP contribution in [0.4, 0.5) is 13.2 Å². The summed E-state index contributed by atoms with van der Waals surface area (Å²) in [5.74, 6) is 1.92. The zero-order valence-corrected chi connectivity index (χ0v) is 7.69. The summed E-state index contributed by atoms with van der Waals surface area (Å²) in [6, 6.07) is 0. The molecule has 0 saturated heterocycles. The number of alkyl halides is 3. The second kappa shape index (κ2) is 4.54. The molecule has 0 bridgehead atoms. The van der Waals surface area contributed by atoms with Crippen LogP contribution in [-0.4, -0.2) is 23.2 Å². The van der Waals surface area contributed by atoms with Gasteiger partial charge in [0.25, 0.3) is 6.33 Å². The third-order valence-electron chi connectivity index (χ3n) is 0.645. The summed E-state index contributed by atoms with van der Waals surface area (Å²) < 4.78 is 62.7. The fourth-order valence-corrected chi connectivity index (χ4v) is 0.559. The van der Waals surface area contributed by atoms with Crippen molar-refractivity contribution in [3.05, 3.63) is 12.3 Å². The average Bonchev–Trinajstić information content (AvgIpc) is 2.35. The first-order chi connectivity index (χ1) is 5.75. The van der Waals surface area contributed by atoms with E-state index in [-0.39, 0.29) is 0 Å². The highest BCUT2D eigenvalue weighted by molar-refractivity contribution is 7.86. The number of H-pyrrole nitrogens is 1. The number of nitrogens with one attached hydrogen (secondary N) is 1. The first kappa shape index (κ1) is 12.3. The Morgan fingerprint density at radius 3 is 2.00 bits per heavy atom. The van der Waals surface area contributed by atoms with Gasteiger partial charge in [0, 0.05) is 0 Å². The van der Waals surface area contributed by atoms with Gasteiger partial charge in [0.05, 0.1) is 0 Å². The van der Waals surface area contributed by atoms with Gasteiger partial charge in [-0.3, -0.25) is 0 Å². The molecule has 0 amide bonds. The van der Waals surface area contributed by atoms with E-state index in [1.807, 2.05) is 5.93 Å². The summed E-state index contributed by atoms with van der Waals surface area (Å²) in [5.41, 5.74) is -5.65. The van der Waals surface area contributed by atoms with E-state index in [0.717, 1.165) is 0 Å². The summed E-state index contributed by atoms with van der Waals surface area (Å²) in [4.78, 5) is 2.82. The number of hydrogen-bond acceptors (Lipinski definition) is 4. The summed E-state index contributed by atoms with van der Waals surface area (Å²) in [5, 5.41) is 0. The van der Waals surface area contributed by atoms with Crippen LogP contribution in [0.2, 0.25) is 0 Å². The highest BCUT2D eigenvalue weighted by Gasteiger charge is 2.36. The predicted molar refractivity (Wildman–Crippen MR) is 36.0 cm³/mol. The molecule has 5 nitrogen and oxygen atoms in total. The lowest BCUT2D eigenvalue weighted by Crippen LogP contribution is -2.21. The Hall–Kier alpha value is -0.660. The van der Waals surface area contributed by atoms with Crippen molar-refractivity contribution in [3.63, 3.8) is 0 Å². The third-order valence-corrected chi connectivity index (χ3v) is 1.79. The lowest BCUT2D eigenvalue weighted by Gasteiger charge is -2.08. The van der Waals surface area contributed by atoms with Crippen LogP contribution in [-0.2, 0) is 10.1 Å². The van der Waals surface area contributed by atoms with Gasteiger partial charge in [-0.25, -0.2) is 13.4 Å². The first-order valence-electron chi connectivity index (χ1n) is 2.62. The first-order valence-corrected chi connectivity index (χ1v) is 5.05. The zero-order chi connectivity index (χ0) is 10.5. The van der Waals surface area contributed by atoms with E-state index < -0.39 is 15.6 Å². The van der Waals surface area contributed by atoms with Gasteiger partial charge in [-0.15, -0.1) is 0 Å². The molecule has 0 spiro atoms. The standard InChI is InChI=1S/C2H3N2P.CHF3O3S/c1-3-2-5-4-1;2-1(3,4)8(5,6)7/h1-2,5H;(H,5,6,7). The van der Waals surface area contributed by atoms with Gasteiger partial charge >= 0.3 is 5.51 Å². The van der Waals surface area contributed by atoms with Crippen LogP contribution in [0, 0.1) is 0 Å². The molecule has 1 unspecified atom stereocenters. The summed E-state index contributed by atoms with van der Waals surface area (Å²) in [6.45, 7) is 0. The molecule has 0 aliphatic carbocycles. The molecule has 0 radical (unpaired) electrons. The Balaban J connectivity index is 0.000000243. The normalized spacial score (nSPS) is 12.3. The van der Waals surface area contributed by atoms with Crippen LogP contribution >= 0.6 is 8.35 Å². The maximum atomic E-state index is 10.7. The highest BCUT2D eigenvalue weighted by Crippen LogP contribution is 2.20. The van der Waals surface area contributed by atoms with E-state index in [2.05, 4.69) is 9.73 Å². The molecule has 0 aromatic carbocycles. The topological polar surface area (TPSA) is 84.2 Å². The Morgan fingerprint density at radius 2 is 1.92 bits per heavy atom. The highest BCUT2D eigenvalue weighted by atomic mass is 32.2. The molecule has 0 fully saturated rings. The number of nitrogens with zero attached hydrogens (tertiary/aromatic N) is 1. The Bertz CT molecular complexity index is 303. The molecule has 0 saturated carbocycles. The van der Waals surface area contributed by atoms with Crippen molar-refractivity contribution >= 4 is 18.5 Å². The molecule has 1 N–H and O–H groups in total. The van der Waals surface area contributed by atoms with Crippen LogP contribution < -0.4 is 4.98 Å². The SMILES string of the molecule is O=S(=O)([O-])C(F)(F)F.c1n[pH]c[nH+]1. The second-order valence-corrected chi connectivity index (χ2v) is 3.77. The summed E-state index contributed by atoms with van der Waals surface area (Å²) in [7, 11) is -5.45. The zero-order valence-electron chi connectivity index (χ0n) is 5.87. The molecule has 10 heteroatoms. The molecule has 76 valence electrons. The minimum absolute atomic E-state index is 0.642. The van der Waals surface area contributed by atoms with Crippen molar-refractivity contribution in [3.8, 4) is 0 Å². The van der Waals surface area contributed by atoms with Crippen LogP contribution in [0.15, 0.2) is 12.3 Å². The quantitative estimate of drug-likeness (QED) is 0.468. The summed E-state index contributed by atoms with van der Waals surface area (Å²) in [6.07, 6.45) is 1.69. The molecule has 1 atom stereocenters. The van der Waals surface area contributed by atoms with E-state index in [0.29, 0.717) is 8.35 Å². The molecule has 0 aliphatic heterocycles. The number of aromatic nitrogens is 2. The average molecular weight is 236 g/mol. The number of halogens is 3. The molecule has 13 heavy (non-hydrogen) atoms.